The van der Waals surface area contributed by atoms with Crippen molar-refractivity contribution in [3.05, 3.63) is 46.7 Å². The summed E-state index contributed by atoms with van der Waals surface area (Å²) in [6, 6.07) is 6.75. The number of imidazole rings is 1. The van der Waals surface area contributed by atoms with Crippen molar-refractivity contribution in [1.29, 1.82) is 5.26 Å². The lowest BCUT2D eigenvalue weighted by Gasteiger charge is -2.21. The Kier molecular flexibility index (Phi) is 7.66. The highest BCUT2D eigenvalue weighted by atomic mass is 32.1. The molecule has 0 unspecified atom stereocenters. The third-order valence-electron chi connectivity index (χ3n) is 4.34. The lowest BCUT2D eigenvalue weighted by atomic mass is 9.98. The number of benzene rings is 1. The third-order valence-corrected chi connectivity index (χ3v) is 5.19. The second-order valence-corrected chi connectivity index (χ2v) is 9.16. The molecule has 1 amide bonds. The molecule has 2 heterocycles. The number of alkyl halides is 2. The number of hydrogen-bond acceptors (Lipinski definition) is 6. The van der Waals surface area contributed by atoms with Crippen molar-refractivity contribution in [1.82, 2.24) is 14.7 Å². The van der Waals surface area contributed by atoms with Crippen LogP contribution in [-0.2, 0) is 0 Å². The number of halogens is 2. The van der Waals surface area contributed by atoms with Gasteiger partial charge in [0.15, 0.2) is 16.5 Å². The van der Waals surface area contributed by atoms with Crippen LogP contribution in [0.5, 0.6) is 11.5 Å². The van der Waals surface area contributed by atoms with Crippen LogP contribution < -0.4 is 14.8 Å². The van der Waals surface area contributed by atoms with Crippen molar-refractivity contribution in [3.63, 3.8) is 0 Å². The van der Waals surface area contributed by atoms with E-state index in [1.54, 1.807) is 28.7 Å². The zero-order chi connectivity index (χ0) is 24.0. The SMILES string of the molecule is CC(C)(C)COc1c(/C=C/c2csc3ncc(C(=O)NCCC#N)n23)cccc1OC(F)F. The van der Waals surface area contributed by atoms with Crippen LogP contribution in [0.4, 0.5) is 8.78 Å². The number of amides is 1. The fraction of sp³-hybridized carbons (Fsp3) is 0.348. The predicted molar refractivity (Wildman–Crippen MR) is 123 cm³/mol. The molecule has 0 bridgehead atoms. The molecule has 0 aliphatic carbocycles. The minimum atomic E-state index is -2.98. The van der Waals surface area contributed by atoms with Crippen molar-refractivity contribution in [2.24, 2.45) is 5.41 Å². The number of carbonyl (C=O) groups excluding carboxylic acids is 1. The van der Waals surface area contributed by atoms with Crippen molar-refractivity contribution in [2.45, 2.75) is 33.8 Å². The molecule has 0 spiro atoms. The van der Waals surface area contributed by atoms with E-state index in [1.807, 2.05) is 32.2 Å². The molecule has 3 rings (SSSR count). The highest BCUT2D eigenvalue weighted by Crippen LogP contribution is 2.35. The maximum atomic E-state index is 12.9. The largest absolute Gasteiger partial charge is 0.489 e. The van der Waals surface area contributed by atoms with E-state index >= 15 is 0 Å². The monoisotopic (exact) mass is 474 g/mol. The minimum absolute atomic E-state index is 0.0490. The first kappa shape index (κ1) is 24.2. The van der Waals surface area contributed by atoms with Crippen LogP contribution in [0.3, 0.4) is 0 Å². The molecule has 3 aromatic rings. The number of hydrogen-bond donors (Lipinski definition) is 1. The number of nitriles is 1. The van der Waals surface area contributed by atoms with E-state index in [-0.39, 0.29) is 35.8 Å². The van der Waals surface area contributed by atoms with Gasteiger partial charge >= 0.3 is 6.61 Å². The number of nitrogens with one attached hydrogen (secondary N) is 1. The summed E-state index contributed by atoms with van der Waals surface area (Å²) in [5, 5.41) is 13.2. The van der Waals surface area contributed by atoms with Crippen LogP contribution in [0.15, 0.2) is 29.8 Å². The van der Waals surface area contributed by atoms with Gasteiger partial charge in [-0.3, -0.25) is 9.20 Å². The van der Waals surface area contributed by atoms with Gasteiger partial charge in [-0.15, -0.1) is 11.3 Å². The fourth-order valence-electron chi connectivity index (χ4n) is 2.90. The van der Waals surface area contributed by atoms with Gasteiger partial charge in [0.05, 0.1) is 31.0 Å². The lowest BCUT2D eigenvalue weighted by molar-refractivity contribution is -0.0517. The number of ether oxygens (including phenoxy) is 2. The van der Waals surface area contributed by atoms with Gasteiger partial charge in [0.25, 0.3) is 5.91 Å². The van der Waals surface area contributed by atoms with Crippen LogP contribution in [0.1, 0.15) is 48.9 Å². The molecule has 0 saturated heterocycles. The van der Waals surface area contributed by atoms with Crippen LogP contribution in [0.2, 0.25) is 0 Å². The quantitative estimate of drug-likeness (QED) is 0.429. The minimum Gasteiger partial charge on any atom is -0.489 e. The van der Waals surface area contributed by atoms with Gasteiger partial charge in [-0.2, -0.15) is 14.0 Å². The number of fused-ring (bicyclic) bond motifs is 1. The predicted octanol–water partition coefficient (Wildman–Crippen LogP) is 5.24. The molecule has 1 aromatic carbocycles. The zero-order valence-electron chi connectivity index (χ0n) is 18.5. The maximum Gasteiger partial charge on any atom is 0.387 e. The van der Waals surface area contributed by atoms with Gasteiger partial charge in [0.1, 0.15) is 5.69 Å². The molecule has 0 fully saturated rings. The van der Waals surface area contributed by atoms with E-state index in [4.69, 9.17) is 10.00 Å². The van der Waals surface area contributed by atoms with Gasteiger partial charge in [-0.1, -0.05) is 32.9 Å². The average molecular weight is 475 g/mol. The first-order valence-corrected chi connectivity index (χ1v) is 11.1. The van der Waals surface area contributed by atoms with E-state index in [1.165, 1.54) is 23.6 Å². The van der Waals surface area contributed by atoms with Crippen molar-refractivity contribution in [2.75, 3.05) is 13.2 Å². The number of rotatable bonds is 9. The molecule has 0 aliphatic heterocycles. The Hall–Kier alpha value is -3.45. The summed E-state index contributed by atoms with van der Waals surface area (Å²) < 4.78 is 38.1. The van der Waals surface area contributed by atoms with E-state index in [9.17, 15) is 13.6 Å². The molecule has 0 atom stereocenters. The molecule has 0 saturated carbocycles. The highest BCUT2D eigenvalue weighted by Gasteiger charge is 2.19. The Morgan fingerprint density at radius 2 is 2.15 bits per heavy atom. The Morgan fingerprint density at radius 1 is 1.36 bits per heavy atom. The molecule has 0 radical (unpaired) electrons. The summed E-state index contributed by atoms with van der Waals surface area (Å²) in [5.74, 6) is -0.171. The summed E-state index contributed by atoms with van der Waals surface area (Å²) >= 11 is 1.36. The summed E-state index contributed by atoms with van der Waals surface area (Å²) in [6.45, 7) is 3.49. The fourth-order valence-corrected chi connectivity index (χ4v) is 3.73. The second-order valence-electron chi connectivity index (χ2n) is 8.32. The molecule has 7 nitrogen and oxygen atoms in total. The molecule has 0 aliphatic rings. The average Bonchev–Trinajstić information content (AvgIpc) is 3.33. The van der Waals surface area contributed by atoms with Gasteiger partial charge in [0, 0.05) is 17.5 Å². The Balaban J connectivity index is 1.94. The number of para-hydroxylation sites is 1. The standard InChI is InChI=1S/C23H24F2N4O3S/c1-23(2,3)14-31-19-15(6-4-7-18(19)32-21(24)25)8-9-16-13-33-22-28-12-17(29(16)22)20(30)27-11-5-10-26/h4,6-9,12-13,21H,5,11,14H2,1-3H3,(H,27,30)/b9-8+. The maximum absolute atomic E-state index is 12.9. The molecule has 2 aromatic heterocycles. The summed E-state index contributed by atoms with van der Waals surface area (Å²) in [4.78, 5) is 17.4. The Bertz CT molecular complexity index is 1190. The van der Waals surface area contributed by atoms with Gasteiger partial charge in [-0.25, -0.2) is 4.98 Å². The summed E-state index contributed by atoms with van der Waals surface area (Å²) in [6.07, 6.45) is 5.15. The van der Waals surface area contributed by atoms with E-state index < -0.39 is 6.61 Å². The van der Waals surface area contributed by atoms with Gasteiger partial charge < -0.3 is 14.8 Å². The van der Waals surface area contributed by atoms with Gasteiger partial charge in [-0.05, 0) is 23.6 Å². The highest BCUT2D eigenvalue weighted by molar-refractivity contribution is 7.15. The number of thiazole rings is 1. The van der Waals surface area contributed by atoms with Crippen LogP contribution in [-0.4, -0.2) is 35.1 Å². The van der Waals surface area contributed by atoms with E-state index in [0.29, 0.717) is 28.5 Å². The topological polar surface area (TPSA) is 88.6 Å². The molecule has 33 heavy (non-hydrogen) atoms. The second kappa shape index (κ2) is 10.4. The van der Waals surface area contributed by atoms with E-state index in [0.717, 1.165) is 0 Å². The summed E-state index contributed by atoms with van der Waals surface area (Å²) in [5.41, 5.74) is 1.38. The molecule has 10 heteroatoms. The number of nitrogens with zero attached hydrogens (tertiary/aromatic N) is 3. The van der Waals surface area contributed by atoms with Gasteiger partial charge in [0.2, 0.25) is 0 Å². The Morgan fingerprint density at radius 3 is 2.85 bits per heavy atom. The first-order chi connectivity index (χ1) is 15.7. The van der Waals surface area contributed by atoms with Crippen molar-refractivity contribution >= 4 is 34.4 Å². The Labute approximate surface area is 194 Å². The van der Waals surface area contributed by atoms with Crippen molar-refractivity contribution in [3.8, 4) is 17.6 Å². The van der Waals surface area contributed by atoms with Crippen LogP contribution in [0, 0.1) is 16.7 Å². The van der Waals surface area contributed by atoms with E-state index in [2.05, 4.69) is 15.0 Å². The zero-order valence-corrected chi connectivity index (χ0v) is 19.3. The van der Waals surface area contributed by atoms with Crippen molar-refractivity contribution < 1.29 is 23.0 Å². The molecule has 174 valence electrons. The first-order valence-electron chi connectivity index (χ1n) is 10.2. The molecular weight excluding hydrogens is 450 g/mol. The number of aromatic nitrogens is 2. The van der Waals surface area contributed by atoms with Crippen LogP contribution >= 0.6 is 11.3 Å². The smallest absolute Gasteiger partial charge is 0.387 e. The molecule has 1 N–H and O–H groups in total. The van der Waals surface area contributed by atoms with Crippen LogP contribution in [0.25, 0.3) is 17.1 Å². The number of carbonyl (C=O) groups is 1. The third kappa shape index (κ3) is 6.29. The summed E-state index contributed by atoms with van der Waals surface area (Å²) in [7, 11) is 0. The lowest BCUT2D eigenvalue weighted by Crippen LogP contribution is -2.25. The molecular formula is C23H24F2N4O3S. The normalized spacial score (nSPS) is 11.8.